The summed E-state index contributed by atoms with van der Waals surface area (Å²) in [6, 6.07) is 0. The molecule has 0 aliphatic heterocycles. The second-order valence-corrected chi connectivity index (χ2v) is 23.1. The normalized spacial score (nSPS) is 12.6. The van der Waals surface area contributed by atoms with E-state index in [1.54, 1.807) is 0 Å². The van der Waals surface area contributed by atoms with Crippen molar-refractivity contribution in [2.45, 2.75) is 354 Å². The molecule has 0 aliphatic rings. The molecule has 6 heteroatoms. The van der Waals surface area contributed by atoms with Crippen LogP contribution in [0.1, 0.15) is 348 Å². The number of hydrogen-bond donors (Lipinski definition) is 0. The molecule has 0 aliphatic carbocycles. The molecule has 462 valence electrons. The Morgan fingerprint density at radius 1 is 0.263 bits per heavy atom. The van der Waals surface area contributed by atoms with Crippen molar-refractivity contribution >= 4 is 17.9 Å². The second kappa shape index (κ2) is 68.1. The van der Waals surface area contributed by atoms with Crippen molar-refractivity contribution in [1.82, 2.24) is 0 Å². The largest absolute Gasteiger partial charge is 0.462 e. The van der Waals surface area contributed by atoms with E-state index in [1.165, 1.54) is 205 Å². The SMILES string of the molecule is CC/C=C\C/C=C\C/C=C\C/C=C\C/C=C\C/C=C\C/C=C\CCCCCCCCCCCCCC(=O)OCC(COC(=O)CCCCCCCCCCC)OC(=O)CCCCCCCCCCCCCCCCCCCCCC. The van der Waals surface area contributed by atoms with Crippen molar-refractivity contribution in [3.05, 3.63) is 85.1 Å². The van der Waals surface area contributed by atoms with Crippen LogP contribution in [-0.4, -0.2) is 37.2 Å². The van der Waals surface area contributed by atoms with E-state index in [4.69, 9.17) is 14.2 Å². The molecule has 0 bridgehead atoms. The molecular weight excluding hydrogens is 985 g/mol. The standard InChI is InChI=1S/C74H130O6/c1-4-7-10-13-16-19-21-23-25-27-29-31-32-33-34-35-36-37-38-39-40-41-42-43-45-46-48-50-52-55-58-61-64-67-73(76)79-70-71(69-78-72(75)66-63-60-57-54-18-15-12-9-6-3)80-74(77)68-65-62-59-56-53-51-49-47-44-30-28-26-24-22-20-17-14-11-8-5-2/h7,10,16,19,23,25,29,31,33-34,36-37,39-40,71H,4-6,8-9,11-15,17-18,20-22,24,26-28,30,32,35,38,41-70H2,1-3H3/b10-7-,19-16-,25-23-,31-29-,34-33-,37-36-,40-39-. The van der Waals surface area contributed by atoms with Gasteiger partial charge in [0.05, 0.1) is 0 Å². The van der Waals surface area contributed by atoms with Gasteiger partial charge in [-0.3, -0.25) is 14.4 Å². The van der Waals surface area contributed by atoms with Gasteiger partial charge in [-0.2, -0.15) is 0 Å². The molecular formula is C74H130O6. The lowest BCUT2D eigenvalue weighted by Gasteiger charge is -2.18. The maximum Gasteiger partial charge on any atom is 0.306 e. The van der Waals surface area contributed by atoms with Crippen LogP contribution >= 0.6 is 0 Å². The van der Waals surface area contributed by atoms with Crippen molar-refractivity contribution < 1.29 is 28.6 Å². The lowest BCUT2D eigenvalue weighted by molar-refractivity contribution is -0.167. The number of hydrogen-bond acceptors (Lipinski definition) is 6. The van der Waals surface area contributed by atoms with Crippen molar-refractivity contribution in [2.24, 2.45) is 0 Å². The summed E-state index contributed by atoms with van der Waals surface area (Å²) in [6.45, 7) is 6.55. The van der Waals surface area contributed by atoms with E-state index in [0.29, 0.717) is 19.3 Å². The van der Waals surface area contributed by atoms with Crippen molar-refractivity contribution in [3.63, 3.8) is 0 Å². The van der Waals surface area contributed by atoms with Crippen LogP contribution in [0.2, 0.25) is 0 Å². The first-order chi connectivity index (χ1) is 39.5. The molecule has 0 spiro atoms. The van der Waals surface area contributed by atoms with E-state index in [0.717, 1.165) is 103 Å². The zero-order valence-corrected chi connectivity index (χ0v) is 53.1. The van der Waals surface area contributed by atoms with Gasteiger partial charge in [0.25, 0.3) is 0 Å². The number of unbranched alkanes of at least 4 members (excludes halogenated alkanes) is 38. The summed E-state index contributed by atoms with van der Waals surface area (Å²) in [5.41, 5.74) is 0. The Balaban J connectivity index is 4.13. The number of carbonyl (C=O) groups excluding carboxylic acids is 3. The fourth-order valence-corrected chi connectivity index (χ4v) is 10.0. The Labute approximate surface area is 496 Å². The molecule has 0 heterocycles. The molecule has 1 atom stereocenters. The maximum atomic E-state index is 12.9. The van der Waals surface area contributed by atoms with Gasteiger partial charge in [-0.1, -0.05) is 337 Å². The fraction of sp³-hybridized carbons (Fsp3) is 0.770. The van der Waals surface area contributed by atoms with Crippen LogP contribution in [0.25, 0.3) is 0 Å². The minimum Gasteiger partial charge on any atom is -0.462 e. The van der Waals surface area contributed by atoms with E-state index in [2.05, 4.69) is 106 Å². The van der Waals surface area contributed by atoms with E-state index in [1.807, 2.05) is 0 Å². The molecule has 0 N–H and O–H groups in total. The first-order valence-corrected chi connectivity index (χ1v) is 34.6. The van der Waals surface area contributed by atoms with Crippen molar-refractivity contribution in [3.8, 4) is 0 Å². The highest BCUT2D eigenvalue weighted by Gasteiger charge is 2.19. The van der Waals surface area contributed by atoms with Crippen LogP contribution in [0.3, 0.4) is 0 Å². The summed E-state index contributed by atoms with van der Waals surface area (Å²) in [6.07, 6.45) is 90.5. The summed E-state index contributed by atoms with van der Waals surface area (Å²) >= 11 is 0. The highest BCUT2D eigenvalue weighted by atomic mass is 16.6. The topological polar surface area (TPSA) is 78.9 Å². The zero-order chi connectivity index (χ0) is 57.8. The Morgan fingerprint density at radius 3 is 0.762 bits per heavy atom. The highest BCUT2D eigenvalue weighted by Crippen LogP contribution is 2.18. The Morgan fingerprint density at radius 2 is 0.487 bits per heavy atom. The van der Waals surface area contributed by atoms with E-state index in [9.17, 15) is 14.4 Å². The van der Waals surface area contributed by atoms with Gasteiger partial charge in [-0.05, 0) is 77.0 Å². The fourth-order valence-electron chi connectivity index (χ4n) is 10.0. The summed E-state index contributed by atoms with van der Waals surface area (Å²) < 4.78 is 16.9. The van der Waals surface area contributed by atoms with Gasteiger partial charge in [-0.25, -0.2) is 0 Å². The van der Waals surface area contributed by atoms with Crippen LogP contribution in [0.5, 0.6) is 0 Å². The molecule has 0 rings (SSSR count). The van der Waals surface area contributed by atoms with E-state index >= 15 is 0 Å². The van der Waals surface area contributed by atoms with Crippen LogP contribution < -0.4 is 0 Å². The van der Waals surface area contributed by atoms with Gasteiger partial charge in [0.15, 0.2) is 6.10 Å². The summed E-state index contributed by atoms with van der Waals surface area (Å²) in [7, 11) is 0. The van der Waals surface area contributed by atoms with Crippen molar-refractivity contribution in [1.29, 1.82) is 0 Å². The number of ether oxygens (including phenoxy) is 3. The lowest BCUT2D eigenvalue weighted by atomic mass is 10.0. The van der Waals surface area contributed by atoms with Crippen LogP contribution in [0.15, 0.2) is 85.1 Å². The molecule has 6 nitrogen and oxygen atoms in total. The minimum absolute atomic E-state index is 0.0712. The highest BCUT2D eigenvalue weighted by molar-refractivity contribution is 5.71. The smallest absolute Gasteiger partial charge is 0.306 e. The molecule has 80 heavy (non-hydrogen) atoms. The minimum atomic E-state index is -0.773. The Kier molecular flexibility index (Phi) is 65.2. The first-order valence-electron chi connectivity index (χ1n) is 34.6. The summed E-state index contributed by atoms with van der Waals surface area (Å²) in [5, 5.41) is 0. The average Bonchev–Trinajstić information content (AvgIpc) is 3.46. The van der Waals surface area contributed by atoms with Gasteiger partial charge in [0, 0.05) is 19.3 Å². The molecule has 0 saturated heterocycles. The number of rotatable bonds is 63. The number of carbonyl (C=O) groups is 3. The van der Waals surface area contributed by atoms with E-state index < -0.39 is 6.10 Å². The van der Waals surface area contributed by atoms with Gasteiger partial charge in [0.1, 0.15) is 13.2 Å². The van der Waals surface area contributed by atoms with E-state index in [-0.39, 0.29) is 31.1 Å². The van der Waals surface area contributed by atoms with Gasteiger partial charge in [0.2, 0.25) is 0 Å². The Hall–Kier alpha value is -3.41. The summed E-state index contributed by atoms with van der Waals surface area (Å²) in [5.74, 6) is -0.858. The van der Waals surface area contributed by atoms with Crippen LogP contribution in [0, 0.1) is 0 Å². The van der Waals surface area contributed by atoms with Gasteiger partial charge in [-0.15, -0.1) is 0 Å². The summed E-state index contributed by atoms with van der Waals surface area (Å²) in [4.78, 5) is 38.3. The average molecular weight is 1120 g/mol. The predicted molar refractivity (Wildman–Crippen MR) is 348 cm³/mol. The molecule has 0 saturated carbocycles. The monoisotopic (exact) mass is 1110 g/mol. The second-order valence-electron chi connectivity index (χ2n) is 23.1. The number of esters is 3. The number of allylic oxidation sites excluding steroid dienone is 14. The Bertz CT molecular complexity index is 1520. The molecule has 0 radical (unpaired) electrons. The first kappa shape index (κ1) is 76.6. The third kappa shape index (κ3) is 65.4. The maximum absolute atomic E-state index is 12.9. The quantitative estimate of drug-likeness (QED) is 0.0261. The third-order valence-corrected chi connectivity index (χ3v) is 15.2. The molecule has 0 aromatic rings. The molecule has 0 amide bonds. The van der Waals surface area contributed by atoms with Crippen molar-refractivity contribution in [2.75, 3.05) is 13.2 Å². The molecule has 0 aromatic heterocycles. The molecule has 0 aromatic carbocycles. The lowest BCUT2D eigenvalue weighted by Crippen LogP contribution is -2.30. The van der Waals surface area contributed by atoms with Crippen LogP contribution in [0.4, 0.5) is 0 Å². The van der Waals surface area contributed by atoms with Gasteiger partial charge < -0.3 is 14.2 Å². The molecule has 0 fully saturated rings. The predicted octanol–water partition coefficient (Wildman–Crippen LogP) is 23.8. The third-order valence-electron chi connectivity index (χ3n) is 15.2. The van der Waals surface area contributed by atoms with Gasteiger partial charge >= 0.3 is 17.9 Å². The van der Waals surface area contributed by atoms with Crippen LogP contribution in [-0.2, 0) is 28.6 Å². The molecule has 1 unspecified atom stereocenters. The zero-order valence-electron chi connectivity index (χ0n) is 53.1.